The van der Waals surface area contributed by atoms with Crippen molar-refractivity contribution in [1.82, 2.24) is 0 Å². The number of halogens is 3. The fourth-order valence-corrected chi connectivity index (χ4v) is 4.44. The van der Waals surface area contributed by atoms with Gasteiger partial charge >= 0.3 is 0 Å². The largest absolute Gasteiger partial charge is 0.352 e. The van der Waals surface area contributed by atoms with Crippen molar-refractivity contribution in [1.29, 1.82) is 0 Å². The molecule has 0 bridgehead atoms. The van der Waals surface area contributed by atoms with Gasteiger partial charge in [0.2, 0.25) is 0 Å². The normalized spacial score (nSPS) is 18.3. The van der Waals surface area contributed by atoms with Gasteiger partial charge in [0.1, 0.15) is 5.82 Å². The molecule has 0 spiro atoms. The van der Waals surface area contributed by atoms with Crippen LogP contribution in [0.1, 0.15) is 50.2 Å². The van der Waals surface area contributed by atoms with Crippen molar-refractivity contribution < 1.29 is 22.6 Å². The van der Waals surface area contributed by atoms with E-state index in [9.17, 15) is 13.2 Å². The SMILES string of the molecule is CC=CCCC1OCC(c2ccc(-c3ccc(-c4ccc(CCC)c(F)c4F)cc3)cc2F)CO1. The molecule has 1 aliphatic heterocycles. The van der Waals surface area contributed by atoms with E-state index in [0.29, 0.717) is 41.9 Å². The first-order chi connectivity index (χ1) is 17.0. The highest BCUT2D eigenvalue weighted by Crippen LogP contribution is 2.32. The van der Waals surface area contributed by atoms with Crippen LogP contribution in [-0.4, -0.2) is 19.5 Å². The van der Waals surface area contributed by atoms with Crippen LogP contribution in [0, 0.1) is 17.5 Å². The first-order valence-electron chi connectivity index (χ1n) is 12.2. The third-order valence-corrected chi connectivity index (χ3v) is 6.42. The van der Waals surface area contributed by atoms with Crippen LogP contribution in [0.4, 0.5) is 13.2 Å². The van der Waals surface area contributed by atoms with E-state index in [4.69, 9.17) is 9.47 Å². The molecule has 35 heavy (non-hydrogen) atoms. The molecule has 0 N–H and O–H groups in total. The van der Waals surface area contributed by atoms with Crippen molar-refractivity contribution in [2.75, 3.05) is 13.2 Å². The molecule has 5 heteroatoms. The molecular formula is C30H31F3O2. The van der Waals surface area contributed by atoms with Gasteiger partial charge in [0.25, 0.3) is 0 Å². The number of rotatable bonds is 8. The van der Waals surface area contributed by atoms with Crippen molar-refractivity contribution in [3.63, 3.8) is 0 Å². The molecule has 184 valence electrons. The van der Waals surface area contributed by atoms with Gasteiger partial charge in [-0.15, -0.1) is 0 Å². The monoisotopic (exact) mass is 480 g/mol. The lowest BCUT2D eigenvalue weighted by atomic mass is 9.94. The van der Waals surface area contributed by atoms with E-state index in [0.717, 1.165) is 24.8 Å². The molecule has 0 saturated carbocycles. The van der Waals surface area contributed by atoms with Crippen molar-refractivity contribution in [2.24, 2.45) is 0 Å². The average molecular weight is 481 g/mol. The van der Waals surface area contributed by atoms with Crippen LogP contribution < -0.4 is 0 Å². The quantitative estimate of drug-likeness (QED) is 0.303. The Labute approximate surface area is 205 Å². The van der Waals surface area contributed by atoms with Gasteiger partial charge in [0.05, 0.1) is 13.2 Å². The number of ether oxygens (including phenoxy) is 2. The van der Waals surface area contributed by atoms with Gasteiger partial charge in [-0.1, -0.05) is 74.0 Å². The van der Waals surface area contributed by atoms with Gasteiger partial charge in [0.15, 0.2) is 17.9 Å². The predicted molar refractivity (Wildman–Crippen MR) is 134 cm³/mol. The van der Waals surface area contributed by atoms with E-state index in [1.165, 1.54) is 6.07 Å². The topological polar surface area (TPSA) is 18.5 Å². The zero-order valence-corrected chi connectivity index (χ0v) is 20.2. The highest BCUT2D eigenvalue weighted by Gasteiger charge is 2.25. The zero-order valence-electron chi connectivity index (χ0n) is 20.2. The van der Waals surface area contributed by atoms with Crippen molar-refractivity contribution >= 4 is 0 Å². The molecule has 0 aromatic heterocycles. The molecule has 1 aliphatic rings. The first kappa shape index (κ1) is 25.2. The zero-order chi connectivity index (χ0) is 24.8. The van der Waals surface area contributed by atoms with Crippen LogP contribution in [0.5, 0.6) is 0 Å². The molecule has 1 heterocycles. The summed E-state index contributed by atoms with van der Waals surface area (Å²) in [6.07, 6.45) is 6.75. The Hall–Kier alpha value is -2.89. The summed E-state index contributed by atoms with van der Waals surface area (Å²) >= 11 is 0. The van der Waals surface area contributed by atoms with Crippen molar-refractivity contribution in [3.05, 3.63) is 95.3 Å². The minimum Gasteiger partial charge on any atom is -0.352 e. The molecule has 1 fully saturated rings. The molecule has 0 radical (unpaired) electrons. The lowest BCUT2D eigenvalue weighted by Crippen LogP contribution is -2.31. The second-order valence-electron chi connectivity index (χ2n) is 8.90. The minimum atomic E-state index is -0.833. The molecule has 0 atom stereocenters. The van der Waals surface area contributed by atoms with Crippen molar-refractivity contribution in [2.45, 2.75) is 51.7 Å². The summed E-state index contributed by atoms with van der Waals surface area (Å²) in [6.45, 7) is 4.75. The average Bonchev–Trinajstić information content (AvgIpc) is 2.88. The fourth-order valence-electron chi connectivity index (χ4n) is 4.44. The number of allylic oxidation sites excluding steroid dienone is 2. The van der Waals surface area contributed by atoms with Crippen LogP contribution in [-0.2, 0) is 15.9 Å². The smallest absolute Gasteiger partial charge is 0.166 e. The molecule has 0 unspecified atom stereocenters. The molecule has 0 aliphatic carbocycles. The molecule has 0 amide bonds. The maximum Gasteiger partial charge on any atom is 0.166 e. The number of hydrogen-bond acceptors (Lipinski definition) is 2. The number of hydrogen-bond donors (Lipinski definition) is 0. The Morgan fingerprint density at radius 1 is 0.857 bits per heavy atom. The lowest BCUT2D eigenvalue weighted by Gasteiger charge is -2.29. The van der Waals surface area contributed by atoms with E-state index in [1.807, 2.05) is 26.0 Å². The van der Waals surface area contributed by atoms with E-state index in [1.54, 1.807) is 42.5 Å². The van der Waals surface area contributed by atoms with Gasteiger partial charge in [-0.2, -0.15) is 0 Å². The van der Waals surface area contributed by atoms with Crippen LogP contribution in [0.25, 0.3) is 22.3 Å². The molecule has 1 saturated heterocycles. The molecule has 3 aromatic rings. The van der Waals surface area contributed by atoms with Gasteiger partial charge < -0.3 is 9.47 Å². The maximum atomic E-state index is 15.0. The summed E-state index contributed by atoms with van der Waals surface area (Å²) in [5, 5.41) is 0. The second kappa shape index (κ2) is 11.7. The Bertz CT molecular complexity index is 1160. The van der Waals surface area contributed by atoms with Crippen LogP contribution in [0.15, 0.2) is 66.7 Å². The Morgan fingerprint density at radius 3 is 2.20 bits per heavy atom. The van der Waals surface area contributed by atoms with Gasteiger partial charge in [-0.3, -0.25) is 0 Å². The summed E-state index contributed by atoms with van der Waals surface area (Å²) in [5.74, 6) is -2.08. The van der Waals surface area contributed by atoms with Gasteiger partial charge in [0, 0.05) is 17.9 Å². The first-order valence-corrected chi connectivity index (χ1v) is 12.2. The van der Waals surface area contributed by atoms with Crippen LogP contribution >= 0.6 is 0 Å². The highest BCUT2D eigenvalue weighted by atomic mass is 19.2. The Kier molecular flexibility index (Phi) is 8.42. The van der Waals surface area contributed by atoms with Gasteiger partial charge in [-0.25, -0.2) is 13.2 Å². The molecule has 4 rings (SSSR count). The van der Waals surface area contributed by atoms with E-state index < -0.39 is 11.6 Å². The van der Waals surface area contributed by atoms with Gasteiger partial charge in [-0.05, 0) is 53.6 Å². The third-order valence-electron chi connectivity index (χ3n) is 6.42. The third kappa shape index (κ3) is 5.85. The van der Waals surface area contributed by atoms with E-state index in [-0.39, 0.29) is 23.6 Å². The summed E-state index contributed by atoms with van der Waals surface area (Å²) in [5.41, 5.74) is 3.26. The fraction of sp³-hybridized carbons (Fsp3) is 0.333. The van der Waals surface area contributed by atoms with Crippen molar-refractivity contribution in [3.8, 4) is 22.3 Å². The lowest BCUT2D eigenvalue weighted by molar-refractivity contribution is -0.189. The van der Waals surface area contributed by atoms with Crippen LogP contribution in [0.3, 0.4) is 0 Å². The number of aryl methyl sites for hydroxylation is 1. The summed E-state index contributed by atoms with van der Waals surface area (Å²) in [6, 6.07) is 15.5. The van der Waals surface area contributed by atoms with E-state index in [2.05, 4.69) is 6.08 Å². The molecule has 2 nitrogen and oxygen atoms in total. The number of benzene rings is 3. The molecule has 3 aromatic carbocycles. The molecular weight excluding hydrogens is 449 g/mol. The predicted octanol–water partition coefficient (Wildman–Crippen LogP) is 8.20. The standard InChI is InChI=1S/C30H31F3O2/c1-3-5-6-8-28-34-18-24(19-35-28)25-15-14-23(17-27(25)31)20-9-11-21(12-10-20)26-16-13-22(7-4-2)29(32)30(26)33/h3,5,9-17,24,28H,4,6-8,18-19H2,1-2H3. The summed E-state index contributed by atoms with van der Waals surface area (Å²) < 4.78 is 55.5. The summed E-state index contributed by atoms with van der Waals surface area (Å²) in [7, 11) is 0. The minimum absolute atomic E-state index is 0.155. The summed E-state index contributed by atoms with van der Waals surface area (Å²) in [4.78, 5) is 0. The van der Waals surface area contributed by atoms with Crippen LogP contribution in [0.2, 0.25) is 0 Å². The van der Waals surface area contributed by atoms with E-state index >= 15 is 0 Å². The second-order valence-corrected chi connectivity index (χ2v) is 8.90. The Morgan fingerprint density at radius 2 is 1.54 bits per heavy atom. The Balaban J connectivity index is 1.45. The maximum absolute atomic E-state index is 15.0. The highest BCUT2D eigenvalue weighted by molar-refractivity contribution is 5.71.